The maximum atomic E-state index is 14.2. The van der Waals surface area contributed by atoms with Gasteiger partial charge < -0.3 is 14.7 Å². The van der Waals surface area contributed by atoms with Crippen LogP contribution in [0.2, 0.25) is 0 Å². The number of hydrogen-bond acceptors (Lipinski definition) is 6. The van der Waals surface area contributed by atoms with Crippen LogP contribution in [-0.2, 0) is 0 Å². The van der Waals surface area contributed by atoms with Gasteiger partial charge in [0.1, 0.15) is 17.7 Å². The van der Waals surface area contributed by atoms with Crippen LogP contribution in [0.4, 0.5) is 21.8 Å². The number of benzene rings is 1. The van der Waals surface area contributed by atoms with Gasteiger partial charge >= 0.3 is 0 Å². The lowest BCUT2D eigenvalue weighted by Gasteiger charge is -2.36. The van der Waals surface area contributed by atoms with Crippen LogP contribution in [0, 0.1) is 17.1 Å². The fourth-order valence-corrected chi connectivity index (χ4v) is 3.67. The van der Waals surface area contributed by atoms with E-state index in [0.717, 1.165) is 24.9 Å². The van der Waals surface area contributed by atoms with Crippen molar-refractivity contribution in [2.75, 3.05) is 54.0 Å². The van der Waals surface area contributed by atoms with E-state index in [-0.39, 0.29) is 5.82 Å². The third-order valence-corrected chi connectivity index (χ3v) is 5.04. The molecule has 0 saturated carbocycles. The molecule has 2 aromatic rings. The number of nitriles is 1. The second-order valence-corrected chi connectivity index (χ2v) is 6.63. The van der Waals surface area contributed by atoms with E-state index in [2.05, 4.69) is 20.9 Å². The summed E-state index contributed by atoms with van der Waals surface area (Å²) in [6.07, 6.45) is 4.23. The molecule has 6 nitrogen and oxygen atoms in total. The van der Waals surface area contributed by atoms with E-state index < -0.39 is 0 Å². The van der Waals surface area contributed by atoms with Crippen molar-refractivity contribution in [3.63, 3.8) is 0 Å². The summed E-state index contributed by atoms with van der Waals surface area (Å²) in [5.74, 6) is 1.36. The minimum Gasteiger partial charge on any atom is -0.365 e. The average Bonchev–Trinajstić information content (AvgIpc) is 3.23. The zero-order valence-electron chi connectivity index (χ0n) is 14.6. The minimum absolute atomic E-state index is 0.343. The Balaban J connectivity index is 1.48. The Morgan fingerprint density at radius 2 is 1.65 bits per heavy atom. The highest BCUT2D eigenvalue weighted by Gasteiger charge is 2.24. The number of aromatic nitrogens is 2. The van der Waals surface area contributed by atoms with Crippen molar-refractivity contribution >= 4 is 17.5 Å². The Morgan fingerprint density at radius 1 is 0.923 bits per heavy atom. The second kappa shape index (κ2) is 7.16. The van der Waals surface area contributed by atoms with Crippen LogP contribution in [0.5, 0.6) is 0 Å². The van der Waals surface area contributed by atoms with Crippen LogP contribution in [0.15, 0.2) is 30.5 Å². The Bertz CT molecular complexity index is 819. The number of nitrogens with zero attached hydrogens (tertiary/aromatic N) is 6. The van der Waals surface area contributed by atoms with Gasteiger partial charge in [0, 0.05) is 45.5 Å². The van der Waals surface area contributed by atoms with Crippen molar-refractivity contribution in [3.8, 4) is 6.07 Å². The van der Waals surface area contributed by atoms with E-state index in [0.29, 0.717) is 37.4 Å². The van der Waals surface area contributed by atoms with Gasteiger partial charge in [0.15, 0.2) is 0 Å². The van der Waals surface area contributed by atoms with Crippen LogP contribution in [0.1, 0.15) is 18.4 Å². The third kappa shape index (κ3) is 3.15. The summed E-state index contributed by atoms with van der Waals surface area (Å²) in [7, 11) is 0. The van der Waals surface area contributed by atoms with Crippen molar-refractivity contribution < 1.29 is 4.39 Å². The first kappa shape index (κ1) is 16.6. The molecule has 2 aliphatic heterocycles. The Morgan fingerprint density at radius 3 is 2.38 bits per heavy atom. The molecular formula is C19H21FN6. The van der Waals surface area contributed by atoms with Crippen LogP contribution < -0.4 is 14.7 Å². The lowest BCUT2D eigenvalue weighted by atomic mass is 10.1. The number of anilines is 3. The van der Waals surface area contributed by atoms with E-state index in [1.54, 1.807) is 12.1 Å². The highest BCUT2D eigenvalue weighted by molar-refractivity contribution is 5.61. The van der Waals surface area contributed by atoms with Gasteiger partial charge in [-0.2, -0.15) is 10.2 Å². The Labute approximate surface area is 152 Å². The molecular weight excluding hydrogens is 331 g/mol. The minimum atomic E-state index is -0.343. The predicted octanol–water partition coefficient (Wildman–Crippen LogP) is 2.41. The topological polar surface area (TPSA) is 59.3 Å². The molecule has 2 saturated heterocycles. The molecule has 26 heavy (non-hydrogen) atoms. The summed E-state index contributed by atoms with van der Waals surface area (Å²) in [5, 5.41) is 9.26. The van der Waals surface area contributed by atoms with Crippen molar-refractivity contribution in [3.05, 3.63) is 41.8 Å². The van der Waals surface area contributed by atoms with E-state index >= 15 is 0 Å². The fourth-order valence-electron chi connectivity index (χ4n) is 3.67. The van der Waals surface area contributed by atoms with Gasteiger partial charge in [-0.25, -0.2) is 9.37 Å². The molecule has 0 spiro atoms. The molecule has 2 fully saturated rings. The van der Waals surface area contributed by atoms with Gasteiger partial charge in [-0.05, 0) is 31.0 Å². The normalized spacial score (nSPS) is 17.5. The zero-order chi connectivity index (χ0) is 17.9. The molecule has 0 bridgehead atoms. The summed E-state index contributed by atoms with van der Waals surface area (Å²) >= 11 is 0. The largest absolute Gasteiger partial charge is 0.365 e. The average molecular weight is 352 g/mol. The van der Waals surface area contributed by atoms with Crippen molar-refractivity contribution in [1.82, 2.24) is 9.97 Å². The first-order chi connectivity index (χ1) is 12.8. The molecule has 0 radical (unpaired) electrons. The number of halogens is 1. The van der Waals surface area contributed by atoms with E-state index in [1.165, 1.54) is 18.9 Å². The highest BCUT2D eigenvalue weighted by atomic mass is 19.1. The molecule has 1 aromatic heterocycles. The molecule has 0 aliphatic carbocycles. The van der Waals surface area contributed by atoms with Crippen LogP contribution in [0.3, 0.4) is 0 Å². The molecule has 0 amide bonds. The van der Waals surface area contributed by atoms with Crippen LogP contribution in [0.25, 0.3) is 0 Å². The van der Waals surface area contributed by atoms with Crippen molar-refractivity contribution in [1.29, 1.82) is 5.26 Å². The monoisotopic (exact) mass is 352 g/mol. The van der Waals surface area contributed by atoms with E-state index in [1.807, 2.05) is 17.2 Å². The maximum Gasteiger partial charge on any atom is 0.227 e. The van der Waals surface area contributed by atoms with Gasteiger partial charge in [-0.15, -0.1) is 0 Å². The number of piperazine rings is 1. The zero-order valence-corrected chi connectivity index (χ0v) is 14.6. The summed E-state index contributed by atoms with van der Waals surface area (Å²) < 4.78 is 14.2. The first-order valence-corrected chi connectivity index (χ1v) is 9.03. The summed E-state index contributed by atoms with van der Waals surface area (Å²) in [6, 6.07) is 8.69. The van der Waals surface area contributed by atoms with E-state index in [9.17, 15) is 9.65 Å². The molecule has 134 valence electrons. The molecule has 0 unspecified atom stereocenters. The smallest absolute Gasteiger partial charge is 0.227 e. The Hall–Kier alpha value is -2.88. The first-order valence-electron chi connectivity index (χ1n) is 9.03. The molecule has 3 heterocycles. The molecule has 0 N–H and O–H groups in total. The van der Waals surface area contributed by atoms with Gasteiger partial charge in [-0.3, -0.25) is 0 Å². The predicted molar refractivity (Wildman–Crippen MR) is 99.0 cm³/mol. The number of para-hydroxylation sites is 1. The molecule has 1 aromatic carbocycles. The molecule has 2 aliphatic rings. The van der Waals surface area contributed by atoms with Gasteiger partial charge in [0.25, 0.3) is 0 Å². The van der Waals surface area contributed by atoms with E-state index in [4.69, 9.17) is 4.98 Å². The quantitative estimate of drug-likeness (QED) is 0.845. The van der Waals surface area contributed by atoms with Crippen molar-refractivity contribution in [2.45, 2.75) is 12.8 Å². The Kier molecular flexibility index (Phi) is 4.57. The summed E-state index contributed by atoms with van der Waals surface area (Å²) in [5.41, 5.74) is 0.784. The van der Waals surface area contributed by atoms with Gasteiger partial charge in [-0.1, -0.05) is 6.07 Å². The molecule has 0 atom stereocenters. The lowest BCUT2D eigenvalue weighted by molar-refractivity contribution is 0.593. The third-order valence-electron chi connectivity index (χ3n) is 5.04. The standard InChI is InChI=1S/C19H21FN6/c20-16-5-3-4-15(14-21)18(16)25-10-12-26(13-11-25)19-22-7-6-17(23-19)24-8-1-2-9-24/h3-7H,1-2,8-13H2. The van der Waals surface area contributed by atoms with Crippen LogP contribution >= 0.6 is 0 Å². The highest BCUT2D eigenvalue weighted by Crippen LogP contribution is 2.26. The van der Waals surface area contributed by atoms with Crippen LogP contribution in [-0.4, -0.2) is 49.2 Å². The molecule has 4 rings (SSSR count). The molecule has 7 heteroatoms. The van der Waals surface area contributed by atoms with Crippen molar-refractivity contribution in [2.24, 2.45) is 0 Å². The van der Waals surface area contributed by atoms with Gasteiger partial charge in [0.2, 0.25) is 5.95 Å². The summed E-state index contributed by atoms with van der Waals surface area (Å²) in [6.45, 7) is 4.76. The second-order valence-electron chi connectivity index (χ2n) is 6.63. The number of hydrogen-bond donors (Lipinski definition) is 0. The SMILES string of the molecule is N#Cc1cccc(F)c1N1CCN(c2nccc(N3CCCC3)n2)CC1. The lowest BCUT2D eigenvalue weighted by Crippen LogP contribution is -2.47. The summed E-state index contributed by atoms with van der Waals surface area (Å²) in [4.78, 5) is 15.5. The maximum absolute atomic E-state index is 14.2. The number of rotatable bonds is 3. The fraction of sp³-hybridized carbons (Fsp3) is 0.421. The van der Waals surface area contributed by atoms with Gasteiger partial charge in [0.05, 0.1) is 11.3 Å².